The van der Waals surface area contributed by atoms with E-state index in [1.165, 1.54) is 12.8 Å². The zero-order chi connectivity index (χ0) is 13.0. The van der Waals surface area contributed by atoms with Crippen molar-refractivity contribution in [2.75, 3.05) is 0 Å². The van der Waals surface area contributed by atoms with Crippen molar-refractivity contribution in [1.82, 2.24) is 9.55 Å². The van der Waals surface area contributed by atoms with Crippen molar-refractivity contribution in [3.63, 3.8) is 0 Å². The summed E-state index contributed by atoms with van der Waals surface area (Å²) in [6.45, 7) is 5.42. The summed E-state index contributed by atoms with van der Waals surface area (Å²) >= 11 is 0. The van der Waals surface area contributed by atoms with Crippen molar-refractivity contribution in [2.24, 2.45) is 5.92 Å². The first-order valence-corrected chi connectivity index (χ1v) is 6.57. The molecule has 0 aliphatic rings. The average molecular weight is 241 g/mol. The summed E-state index contributed by atoms with van der Waals surface area (Å²) in [6.07, 6.45) is 2.79. The molecule has 0 amide bonds. The summed E-state index contributed by atoms with van der Waals surface area (Å²) in [5, 5.41) is 8.90. The lowest BCUT2D eigenvalue weighted by molar-refractivity contribution is 0.445. The van der Waals surface area contributed by atoms with E-state index in [4.69, 9.17) is 5.26 Å². The fourth-order valence-corrected chi connectivity index (χ4v) is 2.43. The van der Waals surface area contributed by atoms with E-state index in [1.54, 1.807) is 0 Å². The van der Waals surface area contributed by atoms with E-state index >= 15 is 0 Å². The molecule has 0 aliphatic heterocycles. The van der Waals surface area contributed by atoms with Crippen LogP contribution in [0.15, 0.2) is 24.3 Å². The summed E-state index contributed by atoms with van der Waals surface area (Å²) in [5.74, 6) is 1.51. The molecule has 1 heterocycles. The van der Waals surface area contributed by atoms with Crippen LogP contribution < -0.4 is 0 Å². The van der Waals surface area contributed by atoms with Crippen LogP contribution in [0, 0.1) is 17.2 Å². The van der Waals surface area contributed by atoms with Gasteiger partial charge in [0.15, 0.2) is 0 Å². The zero-order valence-corrected chi connectivity index (χ0v) is 11.1. The molecule has 0 saturated carbocycles. The fourth-order valence-electron chi connectivity index (χ4n) is 2.43. The van der Waals surface area contributed by atoms with Gasteiger partial charge in [0.2, 0.25) is 0 Å². The molecule has 0 fully saturated rings. The Morgan fingerprint density at radius 2 is 2.17 bits per heavy atom. The molecule has 1 aromatic heterocycles. The Labute approximate surface area is 108 Å². The van der Waals surface area contributed by atoms with E-state index in [-0.39, 0.29) is 0 Å². The lowest BCUT2D eigenvalue weighted by atomic mass is 10.1. The predicted octanol–water partition coefficient (Wildman–Crippen LogP) is 3.54. The highest BCUT2D eigenvalue weighted by molar-refractivity contribution is 5.75. The highest BCUT2D eigenvalue weighted by Crippen LogP contribution is 2.19. The van der Waals surface area contributed by atoms with Gasteiger partial charge < -0.3 is 4.57 Å². The molecule has 0 spiro atoms. The summed E-state index contributed by atoms with van der Waals surface area (Å²) in [5.41, 5.74) is 2.14. The minimum atomic E-state index is 0.382. The Morgan fingerprint density at radius 1 is 1.39 bits per heavy atom. The zero-order valence-electron chi connectivity index (χ0n) is 11.1. The SMILES string of the molecule is CCCC(C)Cn1c(CC#N)nc2ccccc21. The van der Waals surface area contributed by atoms with Crippen molar-refractivity contribution in [3.05, 3.63) is 30.1 Å². The number of aromatic nitrogens is 2. The Kier molecular flexibility index (Phi) is 3.99. The van der Waals surface area contributed by atoms with Crippen LogP contribution in [-0.2, 0) is 13.0 Å². The molecule has 1 atom stereocenters. The van der Waals surface area contributed by atoms with Crippen LogP contribution >= 0.6 is 0 Å². The number of rotatable bonds is 5. The number of imidazole rings is 1. The van der Waals surface area contributed by atoms with Crippen LogP contribution in [0.2, 0.25) is 0 Å². The van der Waals surface area contributed by atoms with Gasteiger partial charge in [-0.15, -0.1) is 0 Å². The van der Waals surface area contributed by atoms with Gasteiger partial charge in [-0.1, -0.05) is 32.4 Å². The van der Waals surface area contributed by atoms with E-state index in [1.807, 2.05) is 18.2 Å². The van der Waals surface area contributed by atoms with Gasteiger partial charge >= 0.3 is 0 Å². The molecule has 0 N–H and O–H groups in total. The maximum absolute atomic E-state index is 8.90. The summed E-state index contributed by atoms with van der Waals surface area (Å²) in [4.78, 5) is 4.56. The molecule has 2 aromatic rings. The first-order valence-electron chi connectivity index (χ1n) is 6.57. The van der Waals surface area contributed by atoms with Gasteiger partial charge in [-0.25, -0.2) is 4.98 Å². The highest BCUT2D eigenvalue weighted by atomic mass is 15.1. The third-order valence-corrected chi connectivity index (χ3v) is 3.25. The van der Waals surface area contributed by atoms with Crippen molar-refractivity contribution < 1.29 is 0 Å². The second-order valence-electron chi connectivity index (χ2n) is 4.86. The lowest BCUT2D eigenvalue weighted by Gasteiger charge is -2.13. The van der Waals surface area contributed by atoms with Crippen LogP contribution in [0.4, 0.5) is 0 Å². The van der Waals surface area contributed by atoms with Gasteiger partial charge in [0, 0.05) is 6.54 Å². The molecule has 1 aromatic carbocycles. The van der Waals surface area contributed by atoms with Gasteiger partial charge in [-0.3, -0.25) is 0 Å². The van der Waals surface area contributed by atoms with E-state index in [0.717, 1.165) is 23.4 Å². The first-order chi connectivity index (χ1) is 8.76. The Morgan fingerprint density at radius 3 is 2.89 bits per heavy atom. The molecular formula is C15H19N3. The monoisotopic (exact) mass is 241 g/mol. The van der Waals surface area contributed by atoms with Crippen LogP contribution in [0.1, 0.15) is 32.5 Å². The molecule has 3 nitrogen and oxygen atoms in total. The predicted molar refractivity (Wildman–Crippen MR) is 73.1 cm³/mol. The molecular weight excluding hydrogens is 222 g/mol. The Balaban J connectivity index is 2.39. The number of fused-ring (bicyclic) bond motifs is 1. The normalized spacial score (nSPS) is 12.5. The largest absolute Gasteiger partial charge is 0.327 e. The number of hydrogen-bond acceptors (Lipinski definition) is 2. The van der Waals surface area contributed by atoms with Crippen LogP contribution in [0.3, 0.4) is 0 Å². The third kappa shape index (κ3) is 2.53. The van der Waals surface area contributed by atoms with Gasteiger partial charge in [0.1, 0.15) is 5.82 Å². The van der Waals surface area contributed by atoms with Gasteiger partial charge in [-0.2, -0.15) is 5.26 Å². The second kappa shape index (κ2) is 5.68. The molecule has 18 heavy (non-hydrogen) atoms. The highest BCUT2D eigenvalue weighted by Gasteiger charge is 2.12. The van der Waals surface area contributed by atoms with Crippen LogP contribution in [-0.4, -0.2) is 9.55 Å². The number of nitrogens with zero attached hydrogens (tertiary/aromatic N) is 3. The Bertz CT molecular complexity index is 563. The van der Waals surface area contributed by atoms with Crippen LogP contribution in [0.25, 0.3) is 11.0 Å². The van der Waals surface area contributed by atoms with Crippen LogP contribution in [0.5, 0.6) is 0 Å². The molecule has 0 radical (unpaired) electrons. The molecule has 94 valence electrons. The van der Waals surface area contributed by atoms with E-state index < -0.39 is 0 Å². The number of para-hydroxylation sites is 2. The van der Waals surface area contributed by atoms with Crippen molar-refractivity contribution in [1.29, 1.82) is 5.26 Å². The lowest BCUT2D eigenvalue weighted by Crippen LogP contribution is -2.10. The topological polar surface area (TPSA) is 41.6 Å². The van der Waals surface area contributed by atoms with E-state index in [2.05, 4.69) is 35.5 Å². The number of benzene rings is 1. The third-order valence-electron chi connectivity index (χ3n) is 3.25. The molecule has 3 heteroatoms. The molecule has 0 saturated heterocycles. The summed E-state index contributed by atoms with van der Waals surface area (Å²) in [6, 6.07) is 10.3. The first kappa shape index (κ1) is 12.6. The second-order valence-corrected chi connectivity index (χ2v) is 4.86. The quantitative estimate of drug-likeness (QED) is 0.803. The summed E-state index contributed by atoms with van der Waals surface area (Å²) in [7, 11) is 0. The molecule has 1 unspecified atom stereocenters. The fraction of sp³-hybridized carbons (Fsp3) is 0.467. The minimum absolute atomic E-state index is 0.382. The van der Waals surface area contributed by atoms with Crippen molar-refractivity contribution in [3.8, 4) is 6.07 Å². The number of nitriles is 1. The molecule has 0 bridgehead atoms. The molecule has 2 rings (SSSR count). The van der Waals surface area contributed by atoms with E-state index in [9.17, 15) is 0 Å². The molecule has 0 aliphatic carbocycles. The van der Waals surface area contributed by atoms with E-state index in [0.29, 0.717) is 12.3 Å². The average Bonchev–Trinajstić information content (AvgIpc) is 2.69. The smallest absolute Gasteiger partial charge is 0.124 e. The van der Waals surface area contributed by atoms with Crippen molar-refractivity contribution in [2.45, 2.75) is 39.7 Å². The van der Waals surface area contributed by atoms with Gasteiger partial charge in [0.25, 0.3) is 0 Å². The Hall–Kier alpha value is -1.82. The summed E-state index contributed by atoms with van der Waals surface area (Å²) < 4.78 is 2.21. The van der Waals surface area contributed by atoms with Gasteiger partial charge in [0.05, 0.1) is 23.5 Å². The minimum Gasteiger partial charge on any atom is -0.327 e. The van der Waals surface area contributed by atoms with Crippen molar-refractivity contribution >= 4 is 11.0 Å². The standard InChI is InChI=1S/C15H19N3/c1-3-6-12(2)11-18-14-8-5-4-7-13(14)17-15(18)9-10-16/h4-5,7-8,12H,3,6,9,11H2,1-2H3. The van der Waals surface area contributed by atoms with Gasteiger partial charge in [-0.05, 0) is 24.5 Å². The maximum atomic E-state index is 8.90. The number of hydrogen-bond donors (Lipinski definition) is 0. The maximum Gasteiger partial charge on any atom is 0.124 e.